The fourth-order valence-corrected chi connectivity index (χ4v) is 4.46. The van der Waals surface area contributed by atoms with Crippen LogP contribution in [0.25, 0.3) is 16.4 Å². The van der Waals surface area contributed by atoms with Crippen molar-refractivity contribution in [1.82, 2.24) is 30.6 Å². The van der Waals surface area contributed by atoms with Crippen LogP contribution in [0.5, 0.6) is 0 Å². The van der Waals surface area contributed by atoms with Crippen LogP contribution in [-0.4, -0.2) is 31.6 Å². The molecule has 1 aromatic carbocycles. The lowest BCUT2D eigenvalue weighted by atomic mass is 10.1. The highest BCUT2D eigenvalue weighted by Gasteiger charge is 2.18. The van der Waals surface area contributed by atoms with Gasteiger partial charge in [-0.3, -0.25) is 20.4 Å². The van der Waals surface area contributed by atoms with Gasteiger partial charge in [-0.25, -0.2) is 19.0 Å². The van der Waals surface area contributed by atoms with Crippen LogP contribution >= 0.6 is 11.3 Å². The molecule has 0 unspecified atom stereocenters. The summed E-state index contributed by atoms with van der Waals surface area (Å²) in [7, 11) is 0. The van der Waals surface area contributed by atoms with Crippen LogP contribution in [-0.2, 0) is 11.2 Å². The minimum absolute atomic E-state index is 0.0357. The van der Waals surface area contributed by atoms with Gasteiger partial charge in [-0.15, -0.1) is 11.3 Å². The van der Waals surface area contributed by atoms with Crippen LogP contribution < -0.4 is 10.9 Å². The predicted molar refractivity (Wildman–Crippen MR) is 127 cm³/mol. The molecule has 0 radical (unpaired) electrons. The molecule has 4 aromatic rings. The SMILES string of the molecule is Cc1cc(C)nc(-n2nc(C)c(CC(=O)NNC(=O)c3ccc(-c4ccc(F)cc4)s3)c2C)n1. The van der Waals surface area contributed by atoms with Crippen molar-refractivity contribution < 1.29 is 14.0 Å². The summed E-state index contributed by atoms with van der Waals surface area (Å²) in [6.07, 6.45) is 0.0357. The number of nitrogens with zero attached hydrogens (tertiary/aromatic N) is 4. The summed E-state index contributed by atoms with van der Waals surface area (Å²) in [6, 6.07) is 11.4. The Kier molecular flexibility index (Phi) is 6.51. The molecule has 0 saturated carbocycles. The molecule has 0 aliphatic heterocycles. The molecule has 2 N–H and O–H groups in total. The van der Waals surface area contributed by atoms with E-state index in [1.54, 1.807) is 28.9 Å². The monoisotopic (exact) mass is 478 g/mol. The van der Waals surface area contributed by atoms with Crippen molar-refractivity contribution in [2.45, 2.75) is 34.1 Å². The summed E-state index contributed by atoms with van der Waals surface area (Å²) < 4.78 is 14.7. The number of hydrazine groups is 1. The summed E-state index contributed by atoms with van der Waals surface area (Å²) in [5.41, 5.74) is 9.55. The third-order valence-corrected chi connectivity index (χ3v) is 6.35. The van der Waals surface area contributed by atoms with Crippen LogP contribution in [0.15, 0.2) is 42.5 Å². The van der Waals surface area contributed by atoms with E-state index in [4.69, 9.17) is 0 Å². The number of nitrogens with one attached hydrogen (secondary N) is 2. The van der Waals surface area contributed by atoms with Gasteiger partial charge in [0.15, 0.2) is 0 Å². The lowest BCUT2D eigenvalue weighted by Crippen LogP contribution is -2.42. The molecule has 0 aliphatic carbocycles. The van der Waals surface area contributed by atoms with Crippen LogP contribution in [0.2, 0.25) is 0 Å². The Hall–Kier alpha value is -3.92. The lowest BCUT2D eigenvalue weighted by Gasteiger charge is -2.07. The number of rotatable bonds is 5. The molecule has 0 bridgehead atoms. The molecule has 3 heterocycles. The number of carbonyl (C=O) groups excluding carboxylic acids is 2. The smallest absolute Gasteiger partial charge is 0.273 e. The van der Waals surface area contributed by atoms with E-state index >= 15 is 0 Å². The van der Waals surface area contributed by atoms with E-state index in [9.17, 15) is 14.0 Å². The molecule has 10 heteroatoms. The van der Waals surface area contributed by atoms with E-state index in [1.807, 2.05) is 33.8 Å². The van der Waals surface area contributed by atoms with E-state index in [0.717, 1.165) is 33.1 Å². The Morgan fingerprint density at radius 1 is 0.971 bits per heavy atom. The first-order valence-electron chi connectivity index (χ1n) is 10.5. The molecule has 34 heavy (non-hydrogen) atoms. The highest BCUT2D eigenvalue weighted by atomic mass is 32.1. The summed E-state index contributed by atoms with van der Waals surface area (Å²) in [6.45, 7) is 7.44. The van der Waals surface area contributed by atoms with Gasteiger partial charge in [-0.2, -0.15) is 5.10 Å². The molecular weight excluding hydrogens is 455 g/mol. The molecule has 0 spiro atoms. The van der Waals surface area contributed by atoms with Gasteiger partial charge in [0.05, 0.1) is 17.0 Å². The quantitative estimate of drug-likeness (QED) is 0.425. The van der Waals surface area contributed by atoms with E-state index in [1.165, 1.54) is 23.5 Å². The number of halogens is 1. The predicted octanol–water partition coefficient (Wildman–Crippen LogP) is 3.77. The van der Waals surface area contributed by atoms with Crippen molar-refractivity contribution >= 4 is 23.2 Å². The number of aryl methyl sites for hydroxylation is 3. The fourth-order valence-electron chi connectivity index (χ4n) is 3.55. The summed E-state index contributed by atoms with van der Waals surface area (Å²) in [5.74, 6) is -0.679. The summed E-state index contributed by atoms with van der Waals surface area (Å²) in [5, 5.41) is 4.50. The zero-order chi connectivity index (χ0) is 24.4. The second-order valence-corrected chi connectivity index (χ2v) is 8.95. The van der Waals surface area contributed by atoms with Gasteiger partial charge in [-0.05, 0) is 63.6 Å². The zero-order valence-corrected chi connectivity index (χ0v) is 20.0. The topological polar surface area (TPSA) is 102 Å². The van der Waals surface area contributed by atoms with E-state index < -0.39 is 5.91 Å². The van der Waals surface area contributed by atoms with Gasteiger partial charge in [-0.1, -0.05) is 12.1 Å². The van der Waals surface area contributed by atoms with E-state index in [2.05, 4.69) is 25.9 Å². The molecule has 0 fully saturated rings. The molecule has 3 aromatic heterocycles. The fraction of sp³-hybridized carbons (Fsp3) is 0.208. The third-order valence-electron chi connectivity index (χ3n) is 5.21. The van der Waals surface area contributed by atoms with Gasteiger partial charge >= 0.3 is 0 Å². The number of thiophene rings is 1. The zero-order valence-electron chi connectivity index (χ0n) is 19.1. The standard InChI is InChI=1S/C24H23FN6O2S/c1-13-11-14(2)27-24(26-13)31-16(4)19(15(3)30-31)12-22(32)28-29-23(33)21-10-9-20(34-21)17-5-7-18(25)8-6-17/h5-11H,12H2,1-4H3,(H,28,32)(H,29,33). The number of benzene rings is 1. The maximum atomic E-state index is 13.1. The second-order valence-electron chi connectivity index (χ2n) is 7.86. The van der Waals surface area contributed by atoms with Gasteiger partial charge in [0.2, 0.25) is 5.91 Å². The molecular formula is C24H23FN6O2S. The molecule has 174 valence electrons. The first-order valence-corrected chi connectivity index (χ1v) is 11.4. The molecule has 4 rings (SSSR count). The van der Waals surface area contributed by atoms with Gasteiger partial charge in [0.25, 0.3) is 11.9 Å². The average molecular weight is 479 g/mol. The van der Waals surface area contributed by atoms with Crippen molar-refractivity contribution in [2.75, 3.05) is 0 Å². The molecule has 0 aliphatic rings. The normalized spacial score (nSPS) is 10.9. The van der Waals surface area contributed by atoms with Crippen molar-refractivity contribution in [3.05, 3.63) is 81.5 Å². The van der Waals surface area contributed by atoms with E-state index in [-0.39, 0.29) is 18.1 Å². The van der Waals surface area contributed by atoms with Crippen molar-refractivity contribution in [2.24, 2.45) is 0 Å². The van der Waals surface area contributed by atoms with Crippen molar-refractivity contribution in [1.29, 1.82) is 0 Å². The second kappa shape index (κ2) is 9.52. The Bertz CT molecular complexity index is 1360. The third kappa shape index (κ3) is 5.01. The van der Waals surface area contributed by atoms with Gasteiger partial charge in [0, 0.05) is 27.5 Å². The lowest BCUT2D eigenvalue weighted by molar-refractivity contribution is -0.121. The highest BCUT2D eigenvalue weighted by molar-refractivity contribution is 7.17. The van der Waals surface area contributed by atoms with Gasteiger partial charge in [0.1, 0.15) is 5.82 Å². The molecule has 8 nitrogen and oxygen atoms in total. The number of hydrogen-bond acceptors (Lipinski definition) is 6. The largest absolute Gasteiger partial charge is 0.279 e. The maximum Gasteiger partial charge on any atom is 0.279 e. The van der Waals surface area contributed by atoms with E-state index in [0.29, 0.717) is 16.5 Å². The van der Waals surface area contributed by atoms with Crippen LogP contribution in [0, 0.1) is 33.5 Å². The highest BCUT2D eigenvalue weighted by Crippen LogP contribution is 2.28. The summed E-state index contributed by atoms with van der Waals surface area (Å²) in [4.78, 5) is 35.1. The number of amides is 2. The Morgan fingerprint density at radius 3 is 2.32 bits per heavy atom. The van der Waals surface area contributed by atoms with Crippen molar-refractivity contribution in [3.63, 3.8) is 0 Å². The minimum atomic E-state index is -0.431. The van der Waals surface area contributed by atoms with Crippen molar-refractivity contribution in [3.8, 4) is 16.4 Å². The Morgan fingerprint density at radius 2 is 1.65 bits per heavy atom. The molecule has 0 saturated heterocycles. The molecule has 2 amide bonds. The first-order chi connectivity index (χ1) is 16.2. The average Bonchev–Trinajstić information content (AvgIpc) is 3.38. The Labute approximate surface area is 199 Å². The number of aromatic nitrogens is 4. The maximum absolute atomic E-state index is 13.1. The number of hydrogen-bond donors (Lipinski definition) is 2. The molecule has 0 atom stereocenters. The van der Waals surface area contributed by atoms with Crippen LogP contribution in [0.1, 0.15) is 38.0 Å². The van der Waals surface area contributed by atoms with Crippen LogP contribution in [0.3, 0.4) is 0 Å². The Balaban J connectivity index is 1.40. The minimum Gasteiger partial charge on any atom is -0.273 e. The summed E-state index contributed by atoms with van der Waals surface area (Å²) >= 11 is 1.25. The van der Waals surface area contributed by atoms with Crippen LogP contribution in [0.4, 0.5) is 4.39 Å². The number of carbonyl (C=O) groups is 2. The first kappa shape index (κ1) is 23.2. The van der Waals surface area contributed by atoms with Gasteiger partial charge < -0.3 is 0 Å².